The molecule has 1 aliphatic carbocycles. The molecule has 0 spiro atoms. The Balaban J connectivity index is 2.13. The molecular weight excluding hydrogens is 530 g/mol. The number of aliphatic hydroxyl groups excluding tert-OH is 3. The molecule has 0 unspecified atom stereocenters. The molecule has 1 saturated carbocycles. The van der Waals surface area contributed by atoms with Crippen LogP contribution in [0.2, 0.25) is 18.1 Å². The monoisotopic (exact) mass is 585 g/mol. The van der Waals surface area contributed by atoms with Gasteiger partial charge in [0.25, 0.3) is 0 Å². The Morgan fingerprint density at radius 3 is 2.32 bits per heavy atom. The number of carbonyl (C=O) groups excluding carboxylic acids is 1. The van der Waals surface area contributed by atoms with Crippen LogP contribution in [0.1, 0.15) is 59.9 Å². The number of nitrogens with one attached hydrogen (secondary N) is 1. The number of benzene rings is 1. The second-order valence-electron chi connectivity index (χ2n) is 14.4. The molecule has 7 heteroatoms. The van der Waals surface area contributed by atoms with Crippen LogP contribution in [0.15, 0.2) is 54.6 Å². The summed E-state index contributed by atoms with van der Waals surface area (Å²) in [6.45, 7) is 21.5. The van der Waals surface area contributed by atoms with E-state index in [1.807, 2.05) is 25.1 Å². The van der Waals surface area contributed by atoms with Gasteiger partial charge in [-0.05, 0) is 66.3 Å². The summed E-state index contributed by atoms with van der Waals surface area (Å²) in [6, 6.07) is 9.89. The second-order valence-corrected chi connectivity index (χ2v) is 19.2. The largest absolute Gasteiger partial charge is 0.410 e. The minimum Gasteiger partial charge on any atom is -0.410 e. The van der Waals surface area contributed by atoms with Crippen LogP contribution in [0.3, 0.4) is 0 Å². The lowest BCUT2D eigenvalue weighted by atomic mass is 9.51. The molecule has 1 amide bonds. The molecule has 1 aromatic carbocycles. The average molecular weight is 586 g/mol. The highest BCUT2D eigenvalue weighted by Gasteiger charge is 2.68. The number of amides is 1. The van der Waals surface area contributed by atoms with Crippen LogP contribution >= 0.6 is 0 Å². The zero-order valence-electron chi connectivity index (χ0n) is 26.6. The summed E-state index contributed by atoms with van der Waals surface area (Å²) in [4.78, 5) is 14.3. The number of aliphatic hydroxyl groups is 3. The van der Waals surface area contributed by atoms with Gasteiger partial charge in [-0.25, -0.2) is 0 Å². The minimum atomic E-state index is -2.31. The van der Waals surface area contributed by atoms with Gasteiger partial charge in [0, 0.05) is 24.5 Å². The normalized spacial score (nSPS) is 31.1. The maximum absolute atomic E-state index is 14.3. The zero-order valence-corrected chi connectivity index (χ0v) is 27.6. The SMILES string of the molecule is C=C1[C@@H](C)[C@H]2[C@H](Cc3ccccc3)NC(=O)[C@@]2([C@H](O)CO)[C@@H](/C=C/C[C@H](C)C[C@H](C)CO)[C@@H]1O[Si](C)(C)C(C)(C)C. The van der Waals surface area contributed by atoms with Crippen molar-refractivity contribution in [1.29, 1.82) is 0 Å². The molecular formula is C34H55NO5Si. The van der Waals surface area contributed by atoms with Crippen LogP contribution in [0.25, 0.3) is 0 Å². The average Bonchev–Trinajstić information content (AvgIpc) is 3.20. The number of rotatable bonds is 12. The summed E-state index contributed by atoms with van der Waals surface area (Å²) >= 11 is 0. The minimum absolute atomic E-state index is 0.0624. The highest BCUT2D eigenvalue weighted by Crippen LogP contribution is 2.59. The zero-order chi connectivity index (χ0) is 30.8. The first-order valence-corrected chi connectivity index (χ1v) is 18.3. The van der Waals surface area contributed by atoms with Gasteiger partial charge in [-0.1, -0.05) is 90.6 Å². The molecule has 1 heterocycles. The lowest BCUT2D eigenvalue weighted by Gasteiger charge is -2.55. The van der Waals surface area contributed by atoms with E-state index in [0.29, 0.717) is 12.3 Å². The van der Waals surface area contributed by atoms with E-state index < -0.39 is 38.5 Å². The molecule has 6 nitrogen and oxygen atoms in total. The van der Waals surface area contributed by atoms with Crippen molar-refractivity contribution >= 4 is 14.2 Å². The lowest BCUT2D eigenvalue weighted by molar-refractivity contribution is -0.155. The molecule has 230 valence electrons. The van der Waals surface area contributed by atoms with Crippen LogP contribution in [-0.2, 0) is 15.6 Å². The second kappa shape index (κ2) is 13.3. The molecule has 4 N–H and O–H groups in total. The smallest absolute Gasteiger partial charge is 0.230 e. The maximum Gasteiger partial charge on any atom is 0.230 e. The number of hydrogen-bond donors (Lipinski definition) is 4. The number of fused-ring (bicyclic) bond motifs is 1. The summed E-state index contributed by atoms with van der Waals surface area (Å²) in [5.74, 6) is -0.537. The van der Waals surface area contributed by atoms with Crippen molar-refractivity contribution in [2.45, 2.75) is 97.2 Å². The van der Waals surface area contributed by atoms with E-state index in [4.69, 9.17) is 4.43 Å². The van der Waals surface area contributed by atoms with Gasteiger partial charge in [-0.15, -0.1) is 0 Å². The van der Waals surface area contributed by atoms with Gasteiger partial charge in [0.05, 0.1) is 24.2 Å². The van der Waals surface area contributed by atoms with Crippen molar-refractivity contribution in [2.75, 3.05) is 13.2 Å². The summed E-state index contributed by atoms with van der Waals surface area (Å²) < 4.78 is 7.09. The van der Waals surface area contributed by atoms with E-state index in [2.05, 4.69) is 83.9 Å². The Hall–Kier alpha value is -1.77. The van der Waals surface area contributed by atoms with Gasteiger partial charge < -0.3 is 25.1 Å². The quantitative estimate of drug-likeness (QED) is 0.192. The fraction of sp³-hybridized carbons (Fsp3) is 0.676. The molecule has 41 heavy (non-hydrogen) atoms. The number of carbonyl (C=O) groups is 1. The first kappa shape index (κ1) is 33.7. The molecule has 2 aliphatic rings. The van der Waals surface area contributed by atoms with E-state index >= 15 is 0 Å². The summed E-state index contributed by atoms with van der Waals surface area (Å²) in [5.41, 5.74) is 0.801. The predicted molar refractivity (Wildman–Crippen MR) is 169 cm³/mol. The molecule has 0 bridgehead atoms. The highest BCUT2D eigenvalue weighted by atomic mass is 28.4. The first-order chi connectivity index (χ1) is 19.1. The fourth-order valence-corrected chi connectivity index (χ4v) is 8.27. The lowest BCUT2D eigenvalue weighted by Crippen LogP contribution is -2.62. The summed E-state index contributed by atoms with van der Waals surface area (Å²) in [6.07, 6.45) is 4.78. The fourth-order valence-electron chi connectivity index (χ4n) is 6.99. The van der Waals surface area contributed by atoms with E-state index in [9.17, 15) is 20.1 Å². The Morgan fingerprint density at radius 2 is 1.76 bits per heavy atom. The Bertz CT molecular complexity index is 1070. The van der Waals surface area contributed by atoms with Crippen LogP contribution in [0.4, 0.5) is 0 Å². The molecule has 9 atom stereocenters. The standard InChI is InChI=1S/C34H55NO5Si/c1-22(18-23(2)20-36)14-13-17-27-31(40-41(8,9)33(5,6)7)25(4)24(3)30-28(19-26-15-11-10-12-16-26)35-32(39)34(27,30)29(38)21-37/h10-13,15-17,22-24,27-31,36-38H,4,14,18-21H2,1-3,5-9H3,(H,35,39)/b17-13+/t22-,23-,24+,27-,28-,29+,30-,31+,34+/m0/s1. The van der Waals surface area contributed by atoms with Crippen molar-refractivity contribution < 1.29 is 24.5 Å². The maximum atomic E-state index is 14.3. The van der Waals surface area contributed by atoms with Crippen LogP contribution in [0.5, 0.6) is 0 Å². The van der Waals surface area contributed by atoms with Crippen molar-refractivity contribution in [3.63, 3.8) is 0 Å². The molecule has 0 radical (unpaired) electrons. The molecule has 1 aliphatic heterocycles. The molecule has 3 rings (SSSR count). The van der Waals surface area contributed by atoms with Crippen molar-refractivity contribution in [1.82, 2.24) is 5.32 Å². The first-order valence-electron chi connectivity index (χ1n) is 15.4. The highest BCUT2D eigenvalue weighted by molar-refractivity contribution is 6.74. The molecule has 1 saturated heterocycles. The third-order valence-corrected chi connectivity index (χ3v) is 14.8. The Labute approximate surface area is 249 Å². The third kappa shape index (κ3) is 6.75. The summed E-state index contributed by atoms with van der Waals surface area (Å²) in [7, 11) is -2.31. The van der Waals surface area contributed by atoms with Gasteiger partial charge in [0.2, 0.25) is 5.91 Å². The predicted octanol–water partition coefficient (Wildman–Crippen LogP) is 5.50. The van der Waals surface area contributed by atoms with Crippen molar-refractivity contribution in [2.24, 2.45) is 35.0 Å². The third-order valence-electron chi connectivity index (χ3n) is 10.3. The Kier molecular flexibility index (Phi) is 10.9. The van der Waals surface area contributed by atoms with Gasteiger partial charge in [0.1, 0.15) is 0 Å². The van der Waals surface area contributed by atoms with E-state index in [1.165, 1.54) is 0 Å². The van der Waals surface area contributed by atoms with E-state index in [-0.39, 0.29) is 41.3 Å². The number of hydrogen-bond acceptors (Lipinski definition) is 5. The van der Waals surface area contributed by atoms with Gasteiger partial charge >= 0.3 is 0 Å². The van der Waals surface area contributed by atoms with Crippen molar-refractivity contribution in [3.05, 3.63) is 60.2 Å². The van der Waals surface area contributed by atoms with Crippen LogP contribution in [-0.4, -0.2) is 61.0 Å². The number of allylic oxidation sites excluding steroid dienone is 1. The van der Waals surface area contributed by atoms with Gasteiger partial charge in [-0.2, -0.15) is 0 Å². The van der Waals surface area contributed by atoms with Crippen molar-refractivity contribution in [3.8, 4) is 0 Å². The molecule has 2 fully saturated rings. The Morgan fingerprint density at radius 1 is 1.12 bits per heavy atom. The topological polar surface area (TPSA) is 99.0 Å². The van der Waals surface area contributed by atoms with Gasteiger partial charge in [-0.3, -0.25) is 4.79 Å². The summed E-state index contributed by atoms with van der Waals surface area (Å²) in [5, 5.41) is 34.8. The molecule has 1 aromatic rings. The van der Waals surface area contributed by atoms with Crippen LogP contribution in [0, 0.1) is 35.0 Å². The van der Waals surface area contributed by atoms with E-state index in [0.717, 1.165) is 24.0 Å². The van der Waals surface area contributed by atoms with Crippen LogP contribution < -0.4 is 5.32 Å². The molecule has 0 aromatic heterocycles. The van der Waals surface area contributed by atoms with Gasteiger partial charge in [0.15, 0.2) is 8.32 Å². The van der Waals surface area contributed by atoms with E-state index in [1.54, 1.807) is 0 Å².